The number of anilines is 1. The highest BCUT2D eigenvalue weighted by Gasteiger charge is 2.23. The Morgan fingerprint density at radius 1 is 1.05 bits per heavy atom. The molecule has 1 N–H and O–H groups in total. The van der Waals surface area contributed by atoms with Crippen LogP contribution in [-0.4, -0.2) is 19.4 Å². The molecule has 2 aliphatic rings. The van der Waals surface area contributed by atoms with Crippen LogP contribution < -0.4 is 19.5 Å². The van der Waals surface area contributed by atoms with Crippen molar-refractivity contribution in [2.24, 2.45) is 0 Å². The van der Waals surface area contributed by atoms with Crippen LogP contribution >= 0.6 is 0 Å². The fourth-order valence-corrected chi connectivity index (χ4v) is 2.64. The first-order valence-electron chi connectivity index (χ1n) is 6.86. The first kappa shape index (κ1) is 12.3. The topological polar surface area (TPSA) is 39.7 Å². The van der Waals surface area contributed by atoms with E-state index in [4.69, 9.17) is 14.2 Å². The lowest BCUT2D eigenvalue weighted by atomic mass is 10.1. The third-order valence-electron chi connectivity index (χ3n) is 3.67. The van der Waals surface area contributed by atoms with Crippen molar-refractivity contribution in [2.75, 3.05) is 18.7 Å². The van der Waals surface area contributed by atoms with Crippen LogP contribution in [0.15, 0.2) is 36.4 Å². The highest BCUT2D eigenvalue weighted by molar-refractivity contribution is 5.55. The van der Waals surface area contributed by atoms with Crippen LogP contribution in [0.4, 0.5) is 10.1 Å². The minimum atomic E-state index is -0.221. The Balaban J connectivity index is 1.40. The maximum Gasteiger partial charge on any atom is 0.231 e. The minimum absolute atomic E-state index is 0.00669. The third-order valence-corrected chi connectivity index (χ3v) is 3.67. The third kappa shape index (κ3) is 2.35. The summed E-state index contributed by atoms with van der Waals surface area (Å²) in [4.78, 5) is 0. The number of benzene rings is 2. The Bertz CT molecular complexity index is 689. The second-order valence-electron chi connectivity index (χ2n) is 5.14. The van der Waals surface area contributed by atoms with Crippen molar-refractivity contribution in [1.82, 2.24) is 0 Å². The Hall–Kier alpha value is -2.43. The van der Waals surface area contributed by atoms with Crippen molar-refractivity contribution in [3.05, 3.63) is 47.8 Å². The highest BCUT2D eigenvalue weighted by Crippen LogP contribution is 2.34. The van der Waals surface area contributed by atoms with E-state index in [2.05, 4.69) is 5.32 Å². The van der Waals surface area contributed by atoms with Gasteiger partial charge in [-0.3, -0.25) is 0 Å². The van der Waals surface area contributed by atoms with Crippen LogP contribution in [0.3, 0.4) is 0 Å². The molecule has 0 saturated heterocycles. The van der Waals surface area contributed by atoms with Gasteiger partial charge in [-0.1, -0.05) is 0 Å². The SMILES string of the molecule is Fc1ccc2c(c1)CC(CNc1ccc3c(c1)OCO3)O2. The molecule has 0 fully saturated rings. The second kappa shape index (κ2) is 4.84. The molecule has 2 aliphatic heterocycles. The van der Waals surface area contributed by atoms with Gasteiger partial charge in [-0.05, 0) is 30.3 Å². The predicted octanol–water partition coefficient (Wildman–Crippen LogP) is 2.97. The first-order valence-corrected chi connectivity index (χ1v) is 6.86. The van der Waals surface area contributed by atoms with E-state index in [9.17, 15) is 4.39 Å². The van der Waals surface area contributed by atoms with E-state index in [1.165, 1.54) is 12.1 Å². The van der Waals surface area contributed by atoms with Crippen molar-refractivity contribution in [1.29, 1.82) is 0 Å². The van der Waals surface area contributed by atoms with Gasteiger partial charge in [0.25, 0.3) is 0 Å². The van der Waals surface area contributed by atoms with Crippen LogP contribution in [0.5, 0.6) is 17.2 Å². The van der Waals surface area contributed by atoms with Crippen molar-refractivity contribution in [3.63, 3.8) is 0 Å². The lowest BCUT2D eigenvalue weighted by Gasteiger charge is -2.13. The molecule has 21 heavy (non-hydrogen) atoms. The van der Waals surface area contributed by atoms with Gasteiger partial charge in [-0.25, -0.2) is 4.39 Å². The van der Waals surface area contributed by atoms with Gasteiger partial charge in [0.15, 0.2) is 11.5 Å². The summed E-state index contributed by atoms with van der Waals surface area (Å²) < 4.78 is 29.6. The van der Waals surface area contributed by atoms with Crippen LogP contribution in [0, 0.1) is 5.82 Å². The molecule has 4 rings (SSSR count). The number of nitrogens with one attached hydrogen (secondary N) is 1. The zero-order valence-electron chi connectivity index (χ0n) is 11.3. The molecule has 2 aromatic carbocycles. The minimum Gasteiger partial charge on any atom is -0.488 e. The Labute approximate surface area is 121 Å². The molecule has 1 unspecified atom stereocenters. The largest absolute Gasteiger partial charge is 0.488 e. The van der Waals surface area contributed by atoms with Gasteiger partial charge in [0.05, 0.1) is 6.54 Å². The molecule has 0 aliphatic carbocycles. The quantitative estimate of drug-likeness (QED) is 0.942. The number of hydrogen-bond acceptors (Lipinski definition) is 4. The van der Waals surface area contributed by atoms with E-state index in [0.29, 0.717) is 13.0 Å². The zero-order chi connectivity index (χ0) is 14.2. The first-order chi connectivity index (χ1) is 10.3. The van der Waals surface area contributed by atoms with Gasteiger partial charge < -0.3 is 19.5 Å². The molecule has 108 valence electrons. The summed E-state index contributed by atoms with van der Waals surface area (Å²) in [5, 5.41) is 3.31. The molecular formula is C16H14FNO3. The molecule has 0 saturated carbocycles. The van der Waals surface area contributed by atoms with Crippen LogP contribution in [-0.2, 0) is 6.42 Å². The summed E-state index contributed by atoms with van der Waals surface area (Å²) in [5.74, 6) is 2.06. The number of rotatable bonds is 3. The molecule has 1 atom stereocenters. The van der Waals surface area contributed by atoms with Gasteiger partial charge in [0.1, 0.15) is 17.7 Å². The van der Waals surface area contributed by atoms with Gasteiger partial charge in [0.2, 0.25) is 6.79 Å². The summed E-state index contributed by atoms with van der Waals surface area (Å²) in [7, 11) is 0. The predicted molar refractivity (Wildman–Crippen MR) is 75.6 cm³/mol. The van der Waals surface area contributed by atoms with E-state index in [1.807, 2.05) is 18.2 Å². The molecule has 0 amide bonds. The van der Waals surface area contributed by atoms with Crippen molar-refractivity contribution < 1.29 is 18.6 Å². The summed E-state index contributed by atoms with van der Waals surface area (Å²) in [6.07, 6.45) is 0.720. The monoisotopic (exact) mass is 287 g/mol. The van der Waals surface area contributed by atoms with Crippen molar-refractivity contribution in [2.45, 2.75) is 12.5 Å². The molecule has 0 radical (unpaired) electrons. The van der Waals surface area contributed by atoms with E-state index in [0.717, 1.165) is 28.5 Å². The van der Waals surface area contributed by atoms with Crippen molar-refractivity contribution >= 4 is 5.69 Å². The number of ether oxygens (including phenoxy) is 3. The van der Waals surface area contributed by atoms with E-state index >= 15 is 0 Å². The van der Waals surface area contributed by atoms with E-state index < -0.39 is 0 Å². The van der Waals surface area contributed by atoms with Gasteiger partial charge in [-0.15, -0.1) is 0 Å². The van der Waals surface area contributed by atoms with Gasteiger partial charge in [-0.2, -0.15) is 0 Å². The molecule has 2 aromatic rings. The molecule has 0 bridgehead atoms. The maximum atomic E-state index is 13.2. The summed E-state index contributed by atoms with van der Waals surface area (Å²) in [5.41, 5.74) is 1.87. The molecule has 4 nitrogen and oxygen atoms in total. The van der Waals surface area contributed by atoms with Crippen LogP contribution in [0.2, 0.25) is 0 Å². The Kier molecular flexibility index (Phi) is 2.84. The Morgan fingerprint density at radius 2 is 1.90 bits per heavy atom. The average molecular weight is 287 g/mol. The van der Waals surface area contributed by atoms with Gasteiger partial charge >= 0.3 is 0 Å². The summed E-state index contributed by atoms with van der Waals surface area (Å²) >= 11 is 0. The summed E-state index contributed by atoms with van der Waals surface area (Å²) in [6.45, 7) is 0.918. The standard InChI is InChI=1S/C16H14FNO3/c17-11-1-3-14-10(5-11)6-13(21-14)8-18-12-2-4-15-16(7-12)20-9-19-15/h1-5,7,13,18H,6,8-9H2. The molecular weight excluding hydrogens is 273 g/mol. The second-order valence-corrected chi connectivity index (χ2v) is 5.14. The van der Waals surface area contributed by atoms with Crippen LogP contribution in [0.1, 0.15) is 5.56 Å². The zero-order valence-corrected chi connectivity index (χ0v) is 11.3. The van der Waals surface area contributed by atoms with E-state index in [1.54, 1.807) is 6.07 Å². The lowest BCUT2D eigenvalue weighted by molar-refractivity contribution is 0.174. The fourth-order valence-electron chi connectivity index (χ4n) is 2.64. The maximum absolute atomic E-state index is 13.2. The number of fused-ring (bicyclic) bond motifs is 2. The Morgan fingerprint density at radius 3 is 2.86 bits per heavy atom. The lowest BCUT2D eigenvalue weighted by Crippen LogP contribution is -2.23. The number of hydrogen-bond donors (Lipinski definition) is 1. The molecule has 2 heterocycles. The molecule has 5 heteroatoms. The van der Waals surface area contributed by atoms with Crippen LogP contribution in [0.25, 0.3) is 0 Å². The van der Waals surface area contributed by atoms with E-state index in [-0.39, 0.29) is 18.7 Å². The molecule has 0 aromatic heterocycles. The summed E-state index contributed by atoms with van der Waals surface area (Å²) in [6, 6.07) is 10.4. The smallest absolute Gasteiger partial charge is 0.231 e. The molecule has 0 spiro atoms. The average Bonchev–Trinajstić information content (AvgIpc) is 3.09. The normalized spacial score (nSPS) is 18.2. The fraction of sp³-hybridized carbons (Fsp3) is 0.250. The highest BCUT2D eigenvalue weighted by atomic mass is 19.1. The van der Waals surface area contributed by atoms with Crippen molar-refractivity contribution in [3.8, 4) is 17.2 Å². The number of halogens is 1. The van der Waals surface area contributed by atoms with Gasteiger partial charge in [0, 0.05) is 23.7 Å².